The molecule has 2 atom stereocenters. The molecule has 1 saturated heterocycles. The predicted molar refractivity (Wildman–Crippen MR) is 102 cm³/mol. The molecule has 1 aliphatic rings. The minimum atomic E-state index is -0.416. The highest BCUT2D eigenvalue weighted by Crippen LogP contribution is 2.22. The van der Waals surface area contributed by atoms with Crippen LogP contribution in [0.25, 0.3) is 11.0 Å². The van der Waals surface area contributed by atoms with E-state index in [1.54, 1.807) is 12.1 Å². The normalized spacial score (nSPS) is 19.1. The van der Waals surface area contributed by atoms with E-state index < -0.39 is 5.63 Å². The molecule has 0 bridgehead atoms. The van der Waals surface area contributed by atoms with E-state index in [9.17, 15) is 9.59 Å². The van der Waals surface area contributed by atoms with Crippen LogP contribution in [0.1, 0.15) is 17.0 Å². The number of hydrogen-bond acceptors (Lipinski definition) is 6. The second-order valence-electron chi connectivity index (χ2n) is 7.10. The van der Waals surface area contributed by atoms with Crippen LogP contribution in [0.4, 0.5) is 10.5 Å². The summed E-state index contributed by atoms with van der Waals surface area (Å²) in [6, 6.07) is 8.09. The van der Waals surface area contributed by atoms with Crippen molar-refractivity contribution >= 4 is 22.7 Å². The number of anilines is 1. The minimum Gasteiger partial charge on any atom is -0.423 e. The molecule has 2 N–H and O–H groups in total. The maximum atomic E-state index is 12.4. The van der Waals surface area contributed by atoms with Crippen molar-refractivity contribution in [1.29, 1.82) is 0 Å². The highest BCUT2D eigenvalue weighted by atomic mass is 16.5. The zero-order valence-corrected chi connectivity index (χ0v) is 15.7. The molecule has 2 amide bonds. The number of ether oxygens (including phenoxy) is 1. The Morgan fingerprint density at radius 1 is 1.21 bits per heavy atom. The SMILES string of the molecule is Cc1cc(C[C@H]2COC[C@H]2NC(=O)Nc2ccc3c(C)cc(=O)oc3c2)on1. The lowest BCUT2D eigenvalue weighted by atomic mass is 9.98. The maximum absolute atomic E-state index is 12.4. The van der Waals surface area contributed by atoms with Crippen molar-refractivity contribution in [3.63, 3.8) is 0 Å². The molecule has 8 heteroatoms. The van der Waals surface area contributed by atoms with Gasteiger partial charge in [-0.05, 0) is 31.5 Å². The van der Waals surface area contributed by atoms with Gasteiger partial charge in [-0.15, -0.1) is 0 Å². The Hall–Kier alpha value is -3.13. The Bertz CT molecular complexity index is 1070. The lowest BCUT2D eigenvalue weighted by Gasteiger charge is -2.18. The summed E-state index contributed by atoms with van der Waals surface area (Å²) in [5.41, 5.74) is 2.22. The maximum Gasteiger partial charge on any atom is 0.336 e. The van der Waals surface area contributed by atoms with E-state index in [1.165, 1.54) is 6.07 Å². The summed E-state index contributed by atoms with van der Waals surface area (Å²) in [7, 11) is 0. The van der Waals surface area contributed by atoms with Crippen LogP contribution in [0, 0.1) is 19.8 Å². The number of urea groups is 1. The molecule has 0 unspecified atom stereocenters. The molecule has 4 rings (SSSR count). The van der Waals surface area contributed by atoms with Crippen molar-refractivity contribution in [3.8, 4) is 0 Å². The fourth-order valence-electron chi connectivity index (χ4n) is 3.47. The third kappa shape index (κ3) is 3.91. The molecule has 0 radical (unpaired) electrons. The summed E-state index contributed by atoms with van der Waals surface area (Å²) < 4.78 is 16.0. The van der Waals surface area contributed by atoms with Crippen LogP contribution in [0.5, 0.6) is 0 Å². The van der Waals surface area contributed by atoms with Crippen LogP contribution >= 0.6 is 0 Å². The first-order valence-corrected chi connectivity index (χ1v) is 9.10. The van der Waals surface area contributed by atoms with Gasteiger partial charge >= 0.3 is 11.7 Å². The molecule has 2 aromatic heterocycles. The molecular formula is C20H21N3O5. The first-order valence-electron chi connectivity index (χ1n) is 9.10. The summed E-state index contributed by atoms with van der Waals surface area (Å²) >= 11 is 0. The Balaban J connectivity index is 1.42. The Labute approximate surface area is 160 Å². The smallest absolute Gasteiger partial charge is 0.336 e. The van der Waals surface area contributed by atoms with Gasteiger partial charge in [-0.25, -0.2) is 9.59 Å². The molecule has 8 nitrogen and oxygen atoms in total. The van der Waals surface area contributed by atoms with Crippen LogP contribution in [0.15, 0.2) is 44.1 Å². The fraction of sp³-hybridized carbons (Fsp3) is 0.350. The van der Waals surface area contributed by atoms with E-state index in [-0.39, 0.29) is 18.0 Å². The lowest BCUT2D eigenvalue weighted by Crippen LogP contribution is -2.42. The Morgan fingerprint density at radius 2 is 2.07 bits per heavy atom. The van der Waals surface area contributed by atoms with Gasteiger partial charge in [-0.1, -0.05) is 5.16 Å². The van der Waals surface area contributed by atoms with E-state index in [0.29, 0.717) is 30.9 Å². The third-order valence-corrected chi connectivity index (χ3v) is 4.86. The van der Waals surface area contributed by atoms with Crippen LogP contribution in [-0.2, 0) is 11.2 Å². The van der Waals surface area contributed by atoms with Crippen molar-refractivity contribution in [1.82, 2.24) is 10.5 Å². The summed E-state index contributed by atoms with van der Waals surface area (Å²) in [5.74, 6) is 0.885. The molecule has 3 aromatic rings. The number of fused-ring (bicyclic) bond motifs is 1. The first-order chi connectivity index (χ1) is 13.5. The minimum absolute atomic E-state index is 0.107. The molecule has 1 fully saturated rings. The molecule has 146 valence electrons. The van der Waals surface area contributed by atoms with Gasteiger partial charge in [0.25, 0.3) is 0 Å². The van der Waals surface area contributed by atoms with Crippen LogP contribution in [-0.4, -0.2) is 30.4 Å². The van der Waals surface area contributed by atoms with Crippen molar-refractivity contribution in [2.45, 2.75) is 26.3 Å². The quantitative estimate of drug-likeness (QED) is 0.671. The monoisotopic (exact) mass is 383 g/mol. The molecule has 1 aliphatic heterocycles. The van der Waals surface area contributed by atoms with Gasteiger partial charge in [0.05, 0.1) is 24.9 Å². The summed E-state index contributed by atoms with van der Waals surface area (Å²) in [6.45, 7) is 4.70. The second-order valence-corrected chi connectivity index (χ2v) is 7.10. The summed E-state index contributed by atoms with van der Waals surface area (Å²) in [6.07, 6.45) is 0.645. The van der Waals surface area contributed by atoms with E-state index in [0.717, 1.165) is 22.4 Å². The fourth-order valence-corrected chi connectivity index (χ4v) is 3.47. The first kappa shape index (κ1) is 18.2. The number of hydrogen-bond donors (Lipinski definition) is 2. The molecule has 1 aromatic carbocycles. The molecule has 28 heavy (non-hydrogen) atoms. The largest absolute Gasteiger partial charge is 0.423 e. The highest BCUT2D eigenvalue weighted by Gasteiger charge is 2.30. The number of aromatic nitrogens is 1. The average molecular weight is 383 g/mol. The number of nitrogens with one attached hydrogen (secondary N) is 2. The number of carbonyl (C=O) groups excluding carboxylic acids is 1. The van der Waals surface area contributed by atoms with Crippen LogP contribution in [0.2, 0.25) is 0 Å². The predicted octanol–water partition coefficient (Wildman–Crippen LogP) is 2.78. The third-order valence-electron chi connectivity index (χ3n) is 4.86. The summed E-state index contributed by atoms with van der Waals surface area (Å²) in [4.78, 5) is 24.0. The topological polar surface area (TPSA) is 107 Å². The number of aryl methyl sites for hydroxylation is 2. The molecule has 3 heterocycles. The molecular weight excluding hydrogens is 362 g/mol. The number of nitrogens with zero attached hydrogens (tertiary/aromatic N) is 1. The van der Waals surface area contributed by atoms with Crippen molar-refractivity contribution in [2.24, 2.45) is 5.92 Å². The van der Waals surface area contributed by atoms with Crippen LogP contribution in [0.3, 0.4) is 0 Å². The van der Waals surface area contributed by atoms with E-state index >= 15 is 0 Å². The second kappa shape index (κ2) is 7.47. The van der Waals surface area contributed by atoms with Gasteiger partial charge in [-0.2, -0.15) is 0 Å². The Morgan fingerprint density at radius 3 is 2.86 bits per heavy atom. The average Bonchev–Trinajstić information content (AvgIpc) is 3.23. The number of amides is 2. The zero-order valence-electron chi connectivity index (χ0n) is 15.7. The van der Waals surface area contributed by atoms with Gasteiger partial charge in [0.1, 0.15) is 11.3 Å². The Kier molecular flexibility index (Phi) is 4.87. The number of carbonyl (C=O) groups is 1. The van der Waals surface area contributed by atoms with Crippen molar-refractivity contribution in [2.75, 3.05) is 18.5 Å². The van der Waals surface area contributed by atoms with E-state index in [1.807, 2.05) is 26.0 Å². The highest BCUT2D eigenvalue weighted by molar-refractivity contribution is 5.92. The molecule has 0 saturated carbocycles. The van der Waals surface area contributed by atoms with Crippen molar-refractivity contribution in [3.05, 3.63) is 57.8 Å². The van der Waals surface area contributed by atoms with Gasteiger partial charge in [0, 0.05) is 41.6 Å². The zero-order chi connectivity index (χ0) is 19.7. The number of rotatable bonds is 4. The lowest BCUT2D eigenvalue weighted by molar-refractivity contribution is 0.181. The van der Waals surface area contributed by atoms with Gasteiger partial charge < -0.3 is 24.3 Å². The standard InChI is InChI=1S/C20H21N3O5/c1-11-5-19(24)27-18-8-14(3-4-16(11)18)21-20(25)22-17-10-26-9-13(17)7-15-6-12(2)23-28-15/h3-6,8,13,17H,7,9-10H2,1-2H3,(H2,21,22,25)/t13-,17+/m0/s1. The van der Waals surface area contributed by atoms with E-state index in [2.05, 4.69) is 15.8 Å². The van der Waals surface area contributed by atoms with E-state index in [4.69, 9.17) is 13.7 Å². The van der Waals surface area contributed by atoms with Crippen LogP contribution < -0.4 is 16.3 Å². The van der Waals surface area contributed by atoms with Gasteiger partial charge in [-0.3, -0.25) is 0 Å². The van der Waals surface area contributed by atoms with Gasteiger partial charge in [0.15, 0.2) is 0 Å². The molecule has 0 aliphatic carbocycles. The number of benzene rings is 1. The van der Waals surface area contributed by atoms with Crippen molar-refractivity contribution < 1.29 is 18.5 Å². The summed E-state index contributed by atoms with van der Waals surface area (Å²) in [5, 5.41) is 10.5. The van der Waals surface area contributed by atoms with Gasteiger partial charge in [0.2, 0.25) is 0 Å². The molecule has 0 spiro atoms.